The lowest BCUT2D eigenvalue weighted by atomic mass is 10.1. The van der Waals surface area contributed by atoms with Crippen molar-refractivity contribution in [1.29, 1.82) is 0 Å². The third kappa shape index (κ3) is 9.97. The molecule has 20 heavy (non-hydrogen) atoms. The van der Waals surface area contributed by atoms with Crippen molar-refractivity contribution in [2.75, 3.05) is 25.7 Å². The standard InChI is InChI=1S/C10H11F4NO.C2H6S.B/c11-8-2-1-7(3-4-15)5-9(8)16-6-10(12,13)14;1-3-2;/h1-2,5H,3-4,6,15H2;1-2H3;. The van der Waals surface area contributed by atoms with E-state index in [2.05, 4.69) is 4.74 Å². The molecular weight excluding hydrogens is 293 g/mol. The number of halogens is 4. The predicted molar refractivity (Wildman–Crippen MR) is 75.9 cm³/mol. The molecule has 1 aromatic rings. The van der Waals surface area contributed by atoms with Gasteiger partial charge < -0.3 is 10.5 Å². The Bertz CT molecular complexity index is 377. The van der Waals surface area contributed by atoms with Crippen molar-refractivity contribution in [3.8, 4) is 5.75 Å². The van der Waals surface area contributed by atoms with Crippen molar-refractivity contribution < 1.29 is 22.3 Å². The maximum atomic E-state index is 13.1. The number of hydrogen-bond donors (Lipinski definition) is 1. The summed E-state index contributed by atoms with van der Waals surface area (Å²) in [5.41, 5.74) is 5.92. The molecule has 1 rings (SSSR count). The lowest BCUT2D eigenvalue weighted by Gasteiger charge is -2.10. The summed E-state index contributed by atoms with van der Waals surface area (Å²) in [6, 6.07) is 3.76. The minimum Gasteiger partial charge on any atom is -0.481 e. The highest BCUT2D eigenvalue weighted by Gasteiger charge is 2.28. The molecule has 3 radical (unpaired) electrons. The molecule has 0 aromatic heterocycles. The number of nitrogens with two attached hydrogens (primary N) is 1. The lowest BCUT2D eigenvalue weighted by molar-refractivity contribution is -0.153. The van der Waals surface area contributed by atoms with Crippen molar-refractivity contribution in [2.45, 2.75) is 12.6 Å². The molecule has 0 bridgehead atoms. The van der Waals surface area contributed by atoms with Gasteiger partial charge in [-0.25, -0.2) is 4.39 Å². The Morgan fingerprint density at radius 1 is 1.25 bits per heavy atom. The van der Waals surface area contributed by atoms with E-state index in [9.17, 15) is 17.6 Å². The van der Waals surface area contributed by atoms with Crippen molar-refractivity contribution >= 4 is 20.2 Å². The van der Waals surface area contributed by atoms with Crippen LogP contribution in [0.1, 0.15) is 5.56 Å². The van der Waals surface area contributed by atoms with Gasteiger partial charge in [-0.1, -0.05) is 6.07 Å². The van der Waals surface area contributed by atoms with Crippen molar-refractivity contribution in [3.05, 3.63) is 29.6 Å². The first-order chi connectivity index (χ1) is 8.84. The highest BCUT2D eigenvalue weighted by molar-refractivity contribution is 7.97. The Balaban J connectivity index is 0. The summed E-state index contributed by atoms with van der Waals surface area (Å²) in [7, 11) is 0. The fraction of sp³-hybridized carbons (Fsp3) is 0.500. The summed E-state index contributed by atoms with van der Waals surface area (Å²) in [5.74, 6) is -1.21. The van der Waals surface area contributed by atoms with Gasteiger partial charge in [0, 0.05) is 8.41 Å². The lowest BCUT2D eigenvalue weighted by Crippen LogP contribution is -2.19. The average molecular weight is 310 g/mol. The van der Waals surface area contributed by atoms with E-state index in [0.29, 0.717) is 18.5 Å². The zero-order chi connectivity index (χ0) is 14.9. The first-order valence-corrected chi connectivity index (χ1v) is 7.05. The second kappa shape index (κ2) is 10.8. The van der Waals surface area contributed by atoms with Crippen LogP contribution in [0.3, 0.4) is 0 Å². The molecule has 0 aliphatic rings. The first-order valence-electron chi connectivity index (χ1n) is 5.42. The normalized spacial score (nSPS) is 10.2. The second-order valence-corrected chi connectivity index (χ2v) is 4.43. The maximum Gasteiger partial charge on any atom is 0.422 e. The Kier molecular flexibility index (Phi) is 11.6. The highest BCUT2D eigenvalue weighted by atomic mass is 32.2. The fourth-order valence-electron chi connectivity index (χ4n) is 1.14. The van der Waals surface area contributed by atoms with Crippen LogP contribution in [-0.4, -0.2) is 40.3 Å². The van der Waals surface area contributed by atoms with Crippen LogP contribution in [0.15, 0.2) is 18.2 Å². The van der Waals surface area contributed by atoms with E-state index in [-0.39, 0.29) is 8.41 Å². The second-order valence-electron chi connectivity index (χ2n) is 3.62. The van der Waals surface area contributed by atoms with Gasteiger partial charge in [-0.3, -0.25) is 0 Å². The molecule has 0 atom stereocenters. The molecule has 2 nitrogen and oxygen atoms in total. The molecule has 0 amide bonds. The number of rotatable bonds is 4. The first kappa shape index (κ1) is 21.4. The van der Waals surface area contributed by atoms with Crippen molar-refractivity contribution in [2.24, 2.45) is 5.73 Å². The number of alkyl halides is 3. The van der Waals surface area contributed by atoms with Gasteiger partial charge in [-0.2, -0.15) is 24.9 Å². The van der Waals surface area contributed by atoms with Crippen LogP contribution >= 0.6 is 11.8 Å². The van der Waals surface area contributed by atoms with E-state index in [4.69, 9.17) is 5.73 Å². The van der Waals surface area contributed by atoms with Gasteiger partial charge >= 0.3 is 6.18 Å². The van der Waals surface area contributed by atoms with Gasteiger partial charge in [-0.05, 0) is 43.2 Å². The number of hydrogen-bond acceptors (Lipinski definition) is 3. The number of ether oxygens (including phenoxy) is 1. The maximum absolute atomic E-state index is 13.1. The fourth-order valence-corrected chi connectivity index (χ4v) is 1.14. The summed E-state index contributed by atoms with van der Waals surface area (Å²) in [5, 5.41) is 0. The SMILES string of the molecule is CSC.NCCc1ccc(F)c(OCC(F)(F)F)c1.[B]. The summed E-state index contributed by atoms with van der Waals surface area (Å²) < 4.78 is 53.0. The molecule has 8 heteroatoms. The quantitative estimate of drug-likeness (QED) is 0.686. The minimum atomic E-state index is -4.48. The monoisotopic (exact) mass is 310 g/mol. The van der Waals surface area contributed by atoms with Gasteiger partial charge in [0.25, 0.3) is 0 Å². The van der Waals surface area contributed by atoms with E-state index in [1.165, 1.54) is 12.1 Å². The van der Waals surface area contributed by atoms with Gasteiger partial charge in [0.15, 0.2) is 18.2 Å². The van der Waals surface area contributed by atoms with Crippen LogP contribution in [0.4, 0.5) is 17.6 Å². The van der Waals surface area contributed by atoms with E-state index < -0.39 is 24.3 Å². The molecule has 2 N–H and O–H groups in total. The van der Waals surface area contributed by atoms with Crippen LogP contribution in [0, 0.1) is 5.82 Å². The summed E-state index contributed by atoms with van der Waals surface area (Å²) >= 11 is 1.75. The zero-order valence-corrected chi connectivity index (χ0v) is 12.2. The third-order valence-corrected chi connectivity index (χ3v) is 1.82. The van der Waals surface area contributed by atoms with Crippen molar-refractivity contribution in [1.82, 2.24) is 0 Å². The van der Waals surface area contributed by atoms with Gasteiger partial charge in [-0.15, -0.1) is 0 Å². The summed E-state index contributed by atoms with van der Waals surface area (Å²) in [4.78, 5) is 0. The van der Waals surface area contributed by atoms with E-state index in [1.54, 1.807) is 11.8 Å². The number of benzene rings is 1. The molecule has 0 spiro atoms. The van der Waals surface area contributed by atoms with Crippen LogP contribution in [0.25, 0.3) is 0 Å². The van der Waals surface area contributed by atoms with Gasteiger partial charge in [0.2, 0.25) is 0 Å². The molecule has 0 fully saturated rings. The third-order valence-electron chi connectivity index (χ3n) is 1.82. The van der Waals surface area contributed by atoms with Crippen molar-refractivity contribution in [3.63, 3.8) is 0 Å². The summed E-state index contributed by atoms with van der Waals surface area (Å²) in [6.07, 6.45) is 0.0684. The molecular formula is C12H17BF4NOS. The van der Waals surface area contributed by atoms with Gasteiger partial charge in [0.1, 0.15) is 0 Å². The van der Waals surface area contributed by atoms with Gasteiger partial charge in [0.05, 0.1) is 0 Å². The van der Waals surface area contributed by atoms with Crippen LogP contribution in [0.5, 0.6) is 5.75 Å². The average Bonchev–Trinajstić information content (AvgIpc) is 2.30. The predicted octanol–water partition coefficient (Wildman–Crippen LogP) is 2.87. The Hall–Kier alpha value is -0.885. The van der Waals surface area contributed by atoms with Crippen LogP contribution < -0.4 is 10.5 Å². The van der Waals surface area contributed by atoms with E-state index >= 15 is 0 Å². The molecule has 1 aromatic carbocycles. The number of thioether (sulfide) groups is 1. The van der Waals surface area contributed by atoms with E-state index in [1.807, 2.05) is 12.5 Å². The highest BCUT2D eigenvalue weighted by Crippen LogP contribution is 2.22. The molecule has 0 aliphatic heterocycles. The van der Waals surface area contributed by atoms with Crippen LogP contribution in [0.2, 0.25) is 0 Å². The zero-order valence-electron chi connectivity index (χ0n) is 11.3. The Labute approximate surface area is 122 Å². The molecule has 113 valence electrons. The smallest absolute Gasteiger partial charge is 0.422 e. The minimum absolute atomic E-state index is 0. The topological polar surface area (TPSA) is 35.2 Å². The Morgan fingerprint density at radius 2 is 1.80 bits per heavy atom. The largest absolute Gasteiger partial charge is 0.481 e. The van der Waals surface area contributed by atoms with Crippen LogP contribution in [-0.2, 0) is 6.42 Å². The van der Waals surface area contributed by atoms with E-state index in [0.717, 1.165) is 6.07 Å². The molecule has 0 saturated heterocycles. The molecule has 0 aliphatic carbocycles. The summed E-state index contributed by atoms with van der Waals surface area (Å²) in [6.45, 7) is -1.17. The molecule has 0 heterocycles. The molecule has 0 unspecified atom stereocenters. The molecule has 0 saturated carbocycles. The Morgan fingerprint density at radius 3 is 2.25 bits per heavy atom.